The van der Waals surface area contributed by atoms with Gasteiger partial charge in [0, 0.05) is 47.6 Å². The largest absolute Gasteiger partial charge is 0.477 e. The molecule has 6 nitrogen and oxygen atoms in total. The molecule has 2 fully saturated rings. The van der Waals surface area contributed by atoms with Gasteiger partial charge in [-0.1, -0.05) is 31.1 Å². The third-order valence-corrected chi connectivity index (χ3v) is 6.92. The zero-order valence-corrected chi connectivity index (χ0v) is 18.3. The lowest BCUT2D eigenvalue weighted by atomic mass is 10.1. The first kappa shape index (κ1) is 19.4. The van der Waals surface area contributed by atoms with E-state index in [0.29, 0.717) is 29.6 Å². The zero-order valence-electron chi connectivity index (χ0n) is 17.5. The van der Waals surface area contributed by atoms with Gasteiger partial charge in [0.05, 0.1) is 6.61 Å². The quantitative estimate of drug-likeness (QED) is 0.510. The number of thioether (sulfide) groups is 1. The molecular weight excluding hydrogens is 396 g/mol. The summed E-state index contributed by atoms with van der Waals surface area (Å²) in [5.74, 6) is 3.64. The Morgan fingerprint density at radius 2 is 1.83 bits per heavy atom. The Morgan fingerprint density at radius 3 is 2.43 bits per heavy atom. The highest BCUT2D eigenvalue weighted by atomic mass is 32.2. The van der Waals surface area contributed by atoms with E-state index in [9.17, 15) is 0 Å². The number of hydrogen-bond donors (Lipinski definition) is 0. The molecule has 1 aliphatic heterocycles. The van der Waals surface area contributed by atoms with Gasteiger partial charge in [-0.15, -0.1) is 11.8 Å². The molecule has 30 heavy (non-hydrogen) atoms. The summed E-state index contributed by atoms with van der Waals surface area (Å²) in [4.78, 5) is 12.5. The Labute approximate surface area is 181 Å². The third kappa shape index (κ3) is 3.78. The van der Waals surface area contributed by atoms with Gasteiger partial charge >= 0.3 is 6.01 Å². The highest BCUT2D eigenvalue weighted by Crippen LogP contribution is 2.52. The van der Waals surface area contributed by atoms with Crippen LogP contribution < -0.4 is 9.64 Å². The monoisotopic (exact) mass is 422 g/mol. The first-order valence-electron chi connectivity index (χ1n) is 10.4. The Morgan fingerprint density at radius 1 is 1.10 bits per heavy atom. The molecule has 1 saturated heterocycles. The second-order valence-corrected chi connectivity index (χ2v) is 9.29. The molecule has 1 aromatic carbocycles. The average Bonchev–Trinajstić information content (AvgIpc) is 3.16. The minimum atomic E-state index is 0.286. The molecule has 7 heteroatoms. The van der Waals surface area contributed by atoms with Gasteiger partial charge in [0.15, 0.2) is 5.82 Å². The molecule has 5 rings (SSSR count). The van der Waals surface area contributed by atoms with E-state index in [-0.39, 0.29) is 5.92 Å². The lowest BCUT2D eigenvalue weighted by molar-refractivity contribution is 0.272. The zero-order chi connectivity index (χ0) is 20.7. The Balaban J connectivity index is 1.12. The molecule has 3 aromatic rings. The molecule has 156 valence electrons. The summed E-state index contributed by atoms with van der Waals surface area (Å²) in [6.07, 6.45) is 3.97. The van der Waals surface area contributed by atoms with Gasteiger partial charge in [0.25, 0.3) is 0 Å². The number of rotatable bonds is 7. The predicted molar refractivity (Wildman–Crippen MR) is 118 cm³/mol. The van der Waals surface area contributed by atoms with Crippen molar-refractivity contribution in [2.75, 3.05) is 30.9 Å². The van der Waals surface area contributed by atoms with Crippen LogP contribution in [-0.4, -0.2) is 41.1 Å². The maximum atomic E-state index is 5.99. The Kier molecular flexibility index (Phi) is 5.15. The fourth-order valence-electron chi connectivity index (χ4n) is 4.24. The molecule has 2 aromatic heterocycles. The second-order valence-electron chi connectivity index (χ2n) is 8.41. The van der Waals surface area contributed by atoms with Crippen molar-refractivity contribution in [2.24, 2.45) is 17.8 Å². The SMILES string of the molecule is CSc1ccc(-c2ccc(OCC3C4CN(c5nc(C(C)C)no5)CC34)nc2)cc1. The van der Waals surface area contributed by atoms with Crippen molar-refractivity contribution in [1.29, 1.82) is 0 Å². The smallest absolute Gasteiger partial charge is 0.324 e. The summed E-state index contributed by atoms with van der Waals surface area (Å²) in [6.45, 7) is 6.81. The molecule has 2 aliphatic rings. The first-order chi connectivity index (χ1) is 14.6. The van der Waals surface area contributed by atoms with E-state index in [0.717, 1.165) is 31.1 Å². The van der Waals surface area contributed by atoms with Gasteiger partial charge < -0.3 is 14.2 Å². The highest BCUT2D eigenvalue weighted by Gasteiger charge is 2.56. The molecule has 0 N–H and O–H groups in total. The number of aromatic nitrogens is 3. The predicted octanol–water partition coefficient (Wildman–Crippen LogP) is 4.74. The fourth-order valence-corrected chi connectivity index (χ4v) is 4.65. The summed E-state index contributed by atoms with van der Waals surface area (Å²) < 4.78 is 11.4. The van der Waals surface area contributed by atoms with E-state index in [1.807, 2.05) is 12.3 Å². The van der Waals surface area contributed by atoms with Crippen molar-refractivity contribution in [3.63, 3.8) is 0 Å². The number of fused-ring (bicyclic) bond motifs is 1. The maximum Gasteiger partial charge on any atom is 0.324 e. The van der Waals surface area contributed by atoms with Crippen LogP contribution in [0.15, 0.2) is 52.0 Å². The number of piperidine rings is 1. The summed E-state index contributed by atoms with van der Waals surface area (Å²) in [5, 5.41) is 4.07. The fraction of sp³-hybridized carbons (Fsp3) is 0.435. The Hall–Kier alpha value is -2.54. The lowest BCUT2D eigenvalue weighted by Gasteiger charge is -2.16. The van der Waals surface area contributed by atoms with Crippen molar-refractivity contribution in [1.82, 2.24) is 15.1 Å². The lowest BCUT2D eigenvalue weighted by Crippen LogP contribution is -2.25. The standard InChI is InChI=1S/C23H26N4O2S/c1-14(2)22-25-23(29-26-22)27-11-18-19(12-27)20(18)13-28-21-9-6-16(10-24-21)15-4-7-17(30-3)8-5-15/h4-10,14,18-20H,11-13H2,1-3H3. The van der Waals surface area contributed by atoms with Crippen molar-refractivity contribution in [2.45, 2.75) is 24.7 Å². The molecule has 0 spiro atoms. The number of nitrogens with zero attached hydrogens (tertiary/aromatic N) is 4. The van der Waals surface area contributed by atoms with Gasteiger partial charge in [0.2, 0.25) is 5.88 Å². The van der Waals surface area contributed by atoms with Crippen molar-refractivity contribution in [3.05, 3.63) is 48.4 Å². The first-order valence-corrected chi connectivity index (χ1v) is 11.7. The topological polar surface area (TPSA) is 64.3 Å². The van der Waals surface area contributed by atoms with Crippen molar-refractivity contribution >= 4 is 17.8 Å². The molecule has 0 amide bonds. The van der Waals surface area contributed by atoms with Gasteiger partial charge in [0.1, 0.15) is 0 Å². The Bertz CT molecular complexity index is 991. The van der Waals surface area contributed by atoms with Crippen LogP contribution in [0.5, 0.6) is 5.88 Å². The number of hydrogen-bond acceptors (Lipinski definition) is 7. The van der Waals surface area contributed by atoms with Crippen molar-refractivity contribution in [3.8, 4) is 17.0 Å². The van der Waals surface area contributed by atoms with Gasteiger partial charge in [-0.3, -0.25) is 0 Å². The molecule has 0 radical (unpaired) electrons. The number of anilines is 1. The summed E-state index contributed by atoms with van der Waals surface area (Å²) in [5.41, 5.74) is 2.28. The van der Waals surface area contributed by atoms with Crippen LogP contribution in [0.1, 0.15) is 25.6 Å². The average molecular weight is 423 g/mol. The molecule has 3 heterocycles. The second kappa shape index (κ2) is 7.95. The van der Waals surface area contributed by atoms with Gasteiger partial charge in [-0.25, -0.2) is 4.98 Å². The van der Waals surface area contributed by atoms with Crippen LogP contribution >= 0.6 is 11.8 Å². The maximum absolute atomic E-state index is 5.99. The summed E-state index contributed by atoms with van der Waals surface area (Å²) in [7, 11) is 0. The number of pyridine rings is 1. The molecule has 2 atom stereocenters. The normalized spacial score (nSPS) is 22.4. The van der Waals surface area contributed by atoms with Gasteiger partial charge in [-0.2, -0.15) is 4.98 Å². The highest BCUT2D eigenvalue weighted by molar-refractivity contribution is 7.98. The molecule has 0 bridgehead atoms. The summed E-state index contributed by atoms with van der Waals surface area (Å²) >= 11 is 1.75. The number of benzene rings is 1. The van der Waals surface area contributed by atoms with Crippen LogP contribution in [0.4, 0.5) is 6.01 Å². The number of ether oxygens (including phenoxy) is 1. The molecular formula is C23H26N4O2S. The van der Waals surface area contributed by atoms with E-state index in [1.54, 1.807) is 11.8 Å². The van der Waals surface area contributed by atoms with Crippen molar-refractivity contribution < 1.29 is 9.26 Å². The minimum Gasteiger partial charge on any atom is -0.477 e. The van der Waals surface area contributed by atoms with E-state index in [2.05, 4.69) is 70.5 Å². The molecule has 2 unspecified atom stereocenters. The van der Waals surface area contributed by atoms with E-state index in [1.165, 1.54) is 10.5 Å². The molecule has 1 aliphatic carbocycles. The van der Waals surface area contributed by atoms with Crippen LogP contribution in [0.2, 0.25) is 0 Å². The van der Waals surface area contributed by atoms with E-state index < -0.39 is 0 Å². The van der Waals surface area contributed by atoms with Crippen LogP contribution in [0, 0.1) is 17.8 Å². The minimum absolute atomic E-state index is 0.286. The van der Waals surface area contributed by atoms with Gasteiger partial charge in [-0.05, 0) is 41.9 Å². The molecule has 1 saturated carbocycles. The van der Waals surface area contributed by atoms with Crippen LogP contribution in [0.3, 0.4) is 0 Å². The third-order valence-electron chi connectivity index (χ3n) is 6.17. The van der Waals surface area contributed by atoms with E-state index >= 15 is 0 Å². The summed E-state index contributed by atoms with van der Waals surface area (Å²) in [6, 6.07) is 13.2. The van der Waals surface area contributed by atoms with Crippen LogP contribution in [0.25, 0.3) is 11.1 Å². The van der Waals surface area contributed by atoms with E-state index in [4.69, 9.17) is 9.26 Å². The van der Waals surface area contributed by atoms with Crippen LogP contribution in [-0.2, 0) is 0 Å².